The number of aromatic nitrogens is 1. The molecule has 1 rings (SSSR count). The molecule has 0 bridgehead atoms. The van der Waals surface area contributed by atoms with E-state index in [2.05, 4.69) is 23.7 Å². The van der Waals surface area contributed by atoms with Crippen molar-refractivity contribution in [2.45, 2.75) is 32.7 Å². The topological polar surface area (TPSA) is 16.1 Å². The van der Waals surface area contributed by atoms with Crippen molar-refractivity contribution < 1.29 is 0 Å². The Balaban J connectivity index is 2.72. The van der Waals surface area contributed by atoms with Gasteiger partial charge in [-0.05, 0) is 12.8 Å². The summed E-state index contributed by atoms with van der Waals surface area (Å²) in [6, 6.07) is 0.569. The third-order valence-electron chi connectivity index (χ3n) is 2.37. The third-order valence-corrected chi connectivity index (χ3v) is 3.35. The molecule has 0 radical (unpaired) electrons. The molecule has 0 spiro atoms. The van der Waals surface area contributed by atoms with Gasteiger partial charge in [0.25, 0.3) is 0 Å². The van der Waals surface area contributed by atoms with Gasteiger partial charge in [0, 0.05) is 30.0 Å². The molecule has 4 heteroatoms. The first-order valence-corrected chi connectivity index (χ1v) is 6.47. The molecule has 0 aromatic carbocycles. The molecule has 0 N–H and O–H groups in total. The standard InChI is InChI=1S/C10H17ClN2S/c1-3-9(4-2)13(7-5-11)10-12-6-8-14-10/h6,8-9H,3-5,7H2,1-2H3. The lowest BCUT2D eigenvalue weighted by Crippen LogP contribution is -2.35. The average Bonchev–Trinajstić information content (AvgIpc) is 2.71. The SMILES string of the molecule is CCC(CC)N(CCCl)c1nccs1. The summed E-state index contributed by atoms with van der Waals surface area (Å²) in [7, 11) is 0. The van der Waals surface area contributed by atoms with Crippen LogP contribution in [0.2, 0.25) is 0 Å². The van der Waals surface area contributed by atoms with E-state index in [9.17, 15) is 0 Å². The lowest BCUT2D eigenvalue weighted by molar-refractivity contribution is 0.566. The molecule has 1 heterocycles. The highest BCUT2D eigenvalue weighted by molar-refractivity contribution is 7.13. The van der Waals surface area contributed by atoms with Gasteiger partial charge in [0.15, 0.2) is 5.13 Å². The van der Waals surface area contributed by atoms with Crippen LogP contribution in [0.5, 0.6) is 0 Å². The van der Waals surface area contributed by atoms with Crippen LogP contribution in [0, 0.1) is 0 Å². The number of anilines is 1. The van der Waals surface area contributed by atoms with Gasteiger partial charge in [-0.3, -0.25) is 0 Å². The predicted molar refractivity (Wildman–Crippen MR) is 64.6 cm³/mol. The van der Waals surface area contributed by atoms with E-state index >= 15 is 0 Å². The number of thiazole rings is 1. The van der Waals surface area contributed by atoms with Crippen molar-refractivity contribution in [3.8, 4) is 0 Å². The van der Waals surface area contributed by atoms with Crippen molar-refractivity contribution >= 4 is 28.1 Å². The number of hydrogen-bond acceptors (Lipinski definition) is 3. The zero-order chi connectivity index (χ0) is 10.4. The van der Waals surface area contributed by atoms with Gasteiger partial charge in [-0.25, -0.2) is 4.98 Å². The Bertz CT molecular complexity index is 234. The summed E-state index contributed by atoms with van der Waals surface area (Å²) in [6.07, 6.45) is 4.14. The maximum Gasteiger partial charge on any atom is 0.185 e. The second-order valence-corrected chi connectivity index (χ2v) is 4.42. The van der Waals surface area contributed by atoms with Crippen LogP contribution in [0.3, 0.4) is 0 Å². The number of halogens is 1. The van der Waals surface area contributed by atoms with Gasteiger partial charge in [0.05, 0.1) is 0 Å². The van der Waals surface area contributed by atoms with E-state index in [1.165, 1.54) is 0 Å². The normalized spacial score (nSPS) is 10.9. The fourth-order valence-electron chi connectivity index (χ4n) is 1.61. The summed E-state index contributed by atoms with van der Waals surface area (Å²) < 4.78 is 0. The smallest absolute Gasteiger partial charge is 0.185 e. The van der Waals surface area contributed by atoms with E-state index < -0.39 is 0 Å². The summed E-state index contributed by atoms with van der Waals surface area (Å²) in [5.74, 6) is 0.663. The van der Waals surface area contributed by atoms with Gasteiger partial charge in [0.2, 0.25) is 0 Å². The van der Waals surface area contributed by atoms with Crippen LogP contribution in [0.25, 0.3) is 0 Å². The molecule has 80 valence electrons. The van der Waals surface area contributed by atoms with Gasteiger partial charge < -0.3 is 4.90 Å². The van der Waals surface area contributed by atoms with Gasteiger partial charge in [-0.15, -0.1) is 22.9 Å². The molecule has 0 fully saturated rings. The Morgan fingerprint density at radius 3 is 2.64 bits per heavy atom. The Morgan fingerprint density at radius 2 is 2.21 bits per heavy atom. The van der Waals surface area contributed by atoms with E-state index in [0.29, 0.717) is 11.9 Å². The first kappa shape index (κ1) is 11.8. The van der Waals surface area contributed by atoms with Gasteiger partial charge in [0.1, 0.15) is 0 Å². The highest BCUT2D eigenvalue weighted by Gasteiger charge is 2.16. The van der Waals surface area contributed by atoms with Crippen molar-refractivity contribution in [3.63, 3.8) is 0 Å². The van der Waals surface area contributed by atoms with Crippen molar-refractivity contribution in [1.29, 1.82) is 0 Å². The first-order chi connectivity index (χ1) is 6.83. The molecule has 0 atom stereocenters. The highest BCUT2D eigenvalue weighted by Crippen LogP contribution is 2.22. The van der Waals surface area contributed by atoms with Crippen molar-refractivity contribution in [3.05, 3.63) is 11.6 Å². The van der Waals surface area contributed by atoms with Crippen molar-refractivity contribution in [2.75, 3.05) is 17.3 Å². The quantitative estimate of drug-likeness (QED) is 0.700. The predicted octanol–water partition coefficient (Wildman–Crippen LogP) is 3.38. The van der Waals surface area contributed by atoms with Crippen LogP contribution in [0.4, 0.5) is 5.13 Å². The first-order valence-electron chi connectivity index (χ1n) is 5.05. The maximum absolute atomic E-state index is 5.81. The van der Waals surface area contributed by atoms with E-state index in [4.69, 9.17) is 11.6 Å². The highest BCUT2D eigenvalue weighted by atomic mass is 35.5. The zero-order valence-electron chi connectivity index (χ0n) is 8.74. The Hall–Kier alpha value is -0.280. The molecule has 0 aliphatic carbocycles. The molecule has 2 nitrogen and oxygen atoms in total. The minimum Gasteiger partial charge on any atom is -0.344 e. The van der Waals surface area contributed by atoms with E-state index in [-0.39, 0.29) is 0 Å². The summed E-state index contributed by atoms with van der Waals surface area (Å²) in [5.41, 5.74) is 0. The van der Waals surface area contributed by atoms with Crippen LogP contribution in [-0.2, 0) is 0 Å². The van der Waals surface area contributed by atoms with Gasteiger partial charge in [-0.1, -0.05) is 13.8 Å². The van der Waals surface area contributed by atoms with Crippen molar-refractivity contribution in [1.82, 2.24) is 4.98 Å². The van der Waals surface area contributed by atoms with Gasteiger partial charge in [-0.2, -0.15) is 0 Å². The van der Waals surface area contributed by atoms with Gasteiger partial charge >= 0.3 is 0 Å². The van der Waals surface area contributed by atoms with Crippen LogP contribution < -0.4 is 4.90 Å². The maximum atomic E-state index is 5.81. The largest absolute Gasteiger partial charge is 0.344 e. The molecule has 0 saturated heterocycles. The minimum atomic E-state index is 0.569. The molecule has 0 unspecified atom stereocenters. The fraction of sp³-hybridized carbons (Fsp3) is 0.700. The summed E-state index contributed by atoms with van der Waals surface area (Å²) in [5, 5.41) is 3.11. The number of rotatable bonds is 6. The van der Waals surface area contributed by atoms with Crippen LogP contribution in [-0.4, -0.2) is 23.5 Å². The fourth-order valence-corrected chi connectivity index (χ4v) is 2.54. The number of hydrogen-bond donors (Lipinski definition) is 0. The zero-order valence-corrected chi connectivity index (χ0v) is 10.3. The molecule has 0 aliphatic rings. The Labute approximate surface area is 94.9 Å². The van der Waals surface area contributed by atoms with Crippen LogP contribution >= 0.6 is 22.9 Å². The van der Waals surface area contributed by atoms with Crippen LogP contribution in [0.15, 0.2) is 11.6 Å². The Kier molecular flexibility index (Phi) is 5.26. The van der Waals surface area contributed by atoms with E-state index in [0.717, 1.165) is 24.5 Å². The van der Waals surface area contributed by atoms with Crippen LogP contribution in [0.1, 0.15) is 26.7 Å². The molecular formula is C10H17ClN2S. The lowest BCUT2D eigenvalue weighted by atomic mass is 10.1. The summed E-state index contributed by atoms with van der Waals surface area (Å²) in [4.78, 5) is 6.65. The van der Waals surface area contributed by atoms with Crippen molar-refractivity contribution in [2.24, 2.45) is 0 Å². The lowest BCUT2D eigenvalue weighted by Gasteiger charge is -2.29. The molecule has 0 amide bonds. The minimum absolute atomic E-state index is 0.569. The van der Waals surface area contributed by atoms with E-state index in [1.807, 2.05) is 11.6 Å². The summed E-state index contributed by atoms with van der Waals surface area (Å²) >= 11 is 7.49. The Morgan fingerprint density at radius 1 is 1.50 bits per heavy atom. The monoisotopic (exact) mass is 232 g/mol. The number of nitrogens with zero attached hydrogens (tertiary/aromatic N) is 2. The molecule has 0 aliphatic heterocycles. The summed E-state index contributed by atoms with van der Waals surface area (Å²) in [6.45, 7) is 5.31. The second kappa shape index (κ2) is 6.25. The molecule has 14 heavy (non-hydrogen) atoms. The molecule has 1 aromatic rings. The average molecular weight is 233 g/mol. The molecule has 1 aromatic heterocycles. The molecule has 0 saturated carbocycles. The molecular weight excluding hydrogens is 216 g/mol. The second-order valence-electron chi connectivity index (χ2n) is 3.17. The van der Waals surface area contributed by atoms with E-state index in [1.54, 1.807) is 11.3 Å². The third kappa shape index (κ3) is 2.85. The number of alkyl halides is 1.